The van der Waals surface area contributed by atoms with Crippen LogP contribution in [0.2, 0.25) is 0 Å². The smallest absolute Gasteiger partial charge is 0.652 e. The van der Waals surface area contributed by atoms with Crippen molar-refractivity contribution < 1.29 is 55.2 Å². The van der Waals surface area contributed by atoms with Gasteiger partial charge in [-0.25, -0.2) is 0 Å². The molecule has 0 aliphatic carbocycles. The molecule has 0 saturated heterocycles. The first-order valence-corrected chi connectivity index (χ1v) is 1.68. The molecular formula is C3O7Pd. The molecule has 0 aromatic carbocycles. The quantitative estimate of drug-likeness (QED) is 0.309. The first-order valence-electron chi connectivity index (χ1n) is 1.68. The molecule has 0 atom stereocenters. The van der Waals surface area contributed by atoms with Crippen LogP contribution in [0.5, 0.6) is 0 Å². The van der Waals surface area contributed by atoms with Crippen LogP contribution in [-0.2, 0) is 30.0 Å². The summed E-state index contributed by atoms with van der Waals surface area (Å²) in [4.78, 5) is 26.2. The fraction of sp³-hybridized carbons (Fsp3) is 0. The molecule has 0 heterocycles. The Morgan fingerprint density at radius 2 is 0.818 bits per heavy atom. The molecule has 0 fully saturated rings. The van der Waals surface area contributed by atoms with E-state index in [1.54, 1.807) is 0 Å². The van der Waals surface area contributed by atoms with Gasteiger partial charge in [0.05, 0.1) is 11.9 Å². The average molecular weight is 254 g/mol. The van der Waals surface area contributed by atoms with E-state index in [9.17, 15) is 0 Å². The summed E-state index contributed by atoms with van der Waals surface area (Å²) in [6.07, 6.45) is -2.33. The van der Waals surface area contributed by atoms with Crippen molar-refractivity contribution in [3.8, 4) is 0 Å². The molecule has 0 aliphatic heterocycles. The number of carboxylic acid groups (broad SMARTS) is 4. The molecule has 11 heavy (non-hydrogen) atoms. The number of rotatable bonds is 0. The summed E-state index contributed by atoms with van der Waals surface area (Å²) in [6.45, 7) is 0. The maximum absolute atomic E-state index is 8.93. The summed E-state index contributed by atoms with van der Waals surface area (Å²) >= 11 is 0. The average Bonchev–Trinajstić information content (AvgIpc) is 1.63. The van der Waals surface area contributed by atoms with Crippen LogP contribution in [0.25, 0.3) is 0 Å². The van der Waals surface area contributed by atoms with Crippen LogP contribution in [0.1, 0.15) is 0 Å². The first-order chi connectivity index (χ1) is 4.37. The van der Waals surface area contributed by atoms with Crippen LogP contribution in [-0.4, -0.2) is 18.1 Å². The number of carbonyl (C=O) groups excluding carboxylic acids is 3. The van der Waals surface area contributed by atoms with E-state index >= 15 is 0 Å². The number of carbonyl (C=O) groups is 3. The van der Waals surface area contributed by atoms with Crippen molar-refractivity contribution in [3.63, 3.8) is 0 Å². The van der Waals surface area contributed by atoms with E-state index in [1.165, 1.54) is 0 Å². The van der Waals surface area contributed by atoms with Crippen LogP contribution in [0.3, 0.4) is 0 Å². The van der Waals surface area contributed by atoms with Gasteiger partial charge in [-0.05, 0) is 6.16 Å². The van der Waals surface area contributed by atoms with E-state index in [2.05, 4.69) is 0 Å². The van der Waals surface area contributed by atoms with Crippen molar-refractivity contribution in [3.05, 3.63) is 0 Å². The Hall–Kier alpha value is -1.13. The summed E-state index contributed by atoms with van der Waals surface area (Å²) in [6, 6.07) is 0. The molecule has 0 aromatic rings. The molecule has 0 N–H and O–H groups in total. The molecule has 0 aromatic heterocycles. The number of carboxylic acids is 2. The molecule has 0 saturated carbocycles. The first kappa shape index (κ1) is 16.5. The molecule has 0 bridgehead atoms. The Morgan fingerprint density at radius 1 is 0.727 bits per heavy atom. The number of hydrogen-bond acceptors (Lipinski definition) is 7. The Bertz CT molecular complexity index is 136. The molecule has 7 nitrogen and oxygen atoms in total. The summed E-state index contributed by atoms with van der Waals surface area (Å²) < 4.78 is 0. The van der Waals surface area contributed by atoms with E-state index in [4.69, 9.17) is 34.8 Å². The van der Waals surface area contributed by atoms with Gasteiger partial charge in [0.2, 0.25) is 0 Å². The standard InChI is InChI=1S/C2H2O4.CH2O3.Pd/c3-1(4)2(5)6;2-1(3)4;/h(H,3,4)(H,5,6);(H2,2,3,4);/q;;+4/p-4. The maximum Gasteiger partial charge on any atom is 4.00 e. The number of aliphatic carboxylic acids is 2. The van der Waals surface area contributed by atoms with Crippen molar-refractivity contribution in [1.82, 2.24) is 0 Å². The van der Waals surface area contributed by atoms with Gasteiger partial charge in [-0.1, -0.05) is 0 Å². The Kier molecular flexibility index (Phi) is 13.3. The fourth-order valence-corrected chi connectivity index (χ4v) is 0. The summed E-state index contributed by atoms with van der Waals surface area (Å²) in [7, 11) is 0. The van der Waals surface area contributed by atoms with Gasteiger partial charge in [0.25, 0.3) is 0 Å². The molecule has 64 valence electrons. The van der Waals surface area contributed by atoms with E-state index in [0.717, 1.165) is 0 Å². The molecular weight excluding hydrogens is 254 g/mol. The normalized spacial score (nSPS) is 6.18. The van der Waals surface area contributed by atoms with E-state index in [0.29, 0.717) is 0 Å². The van der Waals surface area contributed by atoms with Crippen LogP contribution >= 0.6 is 0 Å². The summed E-state index contributed by atoms with van der Waals surface area (Å²) in [5, 5.41) is 34.5. The molecule has 8 heteroatoms. The maximum atomic E-state index is 8.93. The van der Waals surface area contributed by atoms with Crippen LogP contribution in [0.15, 0.2) is 0 Å². The van der Waals surface area contributed by atoms with E-state index < -0.39 is 18.1 Å². The van der Waals surface area contributed by atoms with Crippen molar-refractivity contribution in [2.24, 2.45) is 0 Å². The SMILES string of the molecule is O=C([O-])C(=O)[O-].O=C([O-])[O-].[Pd+4]. The predicted molar refractivity (Wildman–Crippen MR) is 15.4 cm³/mol. The second-order valence-electron chi connectivity index (χ2n) is 0.825. The summed E-state index contributed by atoms with van der Waals surface area (Å²) in [5.41, 5.74) is 0. The zero-order chi connectivity index (χ0) is 8.73. The van der Waals surface area contributed by atoms with Crippen LogP contribution < -0.4 is 20.4 Å². The monoisotopic (exact) mass is 254 g/mol. The molecule has 0 spiro atoms. The van der Waals surface area contributed by atoms with Gasteiger partial charge in [0, 0.05) is 0 Å². The Labute approximate surface area is 73.9 Å². The topological polar surface area (TPSA) is 143 Å². The van der Waals surface area contributed by atoms with E-state index in [-0.39, 0.29) is 20.4 Å². The molecule has 0 amide bonds. The summed E-state index contributed by atoms with van der Waals surface area (Å²) in [5.74, 6) is -4.37. The molecule has 0 radical (unpaired) electrons. The number of hydrogen-bond donors (Lipinski definition) is 0. The minimum Gasteiger partial charge on any atom is -0.652 e. The largest absolute Gasteiger partial charge is 4.00 e. The Morgan fingerprint density at radius 3 is 0.818 bits per heavy atom. The third kappa shape index (κ3) is 50.8. The minimum absolute atomic E-state index is 0. The second-order valence-corrected chi connectivity index (χ2v) is 0.825. The van der Waals surface area contributed by atoms with Crippen molar-refractivity contribution in [1.29, 1.82) is 0 Å². The van der Waals surface area contributed by atoms with Gasteiger partial charge < -0.3 is 34.8 Å². The minimum atomic E-state index is -2.33. The second kappa shape index (κ2) is 8.87. The van der Waals surface area contributed by atoms with Gasteiger partial charge >= 0.3 is 20.4 Å². The van der Waals surface area contributed by atoms with Gasteiger partial charge in [-0.2, -0.15) is 0 Å². The van der Waals surface area contributed by atoms with Gasteiger partial charge in [0.1, 0.15) is 0 Å². The van der Waals surface area contributed by atoms with Crippen LogP contribution in [0, 0.1) is 0 Å². The van der Waals surface area contributed by atoms with Crippen LogP contribution in [0.4, 0.5) is 4.79 Å². The molecule has 0 aliphatic rings. The zero-order valence-corrected chi connectivity index (χ0v) is 6.23. The predicted octanol–water partition coefficient (Wildman–Crippen LogP) is -5.96. The fourth-order valence-electron chi connectivity index (χ4n) is 0. The molecule has 0 rings (SSSR count). The third-order valence-corrected chi connectivity index (χ3v) is 0.167. The third-order valence-electron chi connectivity index (χ3n) is 0.167. The Balaban J connectivity index is -0.000000114. The molecule has 0 unspecified atom stereocenters. The van der Waals surface area contributed by atoms with Crippen molar-refractivity contribution in [2.75, 3.05) is 0 Å². The van der Waals surface area contributed by atoms with Crippen molar-refractivity contribution in [2.45, 2.75) is 0 Å². The van der Waals surface area contributed by atoms with E-state index in [1.807, 2.05) is 0 Å². The van der Waals surface area contributed by atoms with Gasteiger partial charge in [0.15, 0.2) is 0 Å². The zero-order valence-electron chi connectivity index (χ0n) is 4.67. The van der Waals surface area contributed by atoms with Crippen molar-refractivity contribution >= 4 is 18.1 Å². The van der Waals surface area contributed by atoms with Gasteiger partial charge in [-0.3, -0.25) is 0 Å². The van der Waals surface area contributed by atoms with Gasteiger partial charge in [-0.15, -0.1) is 0 Å².